The zero-order valence-electron chi connectivity index (χ0n) is 6.60. The first-order chi connectivity index (χ1) is 6.07. The normalized spacial score (nSPS) is 14.7. The average Bonchev–Trinajstić information content (AvgIpc) is 2.47. The Labute approximate surface area is 72.9 Å². The zero-order valence-corrected chi connectivity index (χ0v) is 6.60. The van der Waals surface area contributed by atoms with Gasteiger partial charge in [-0.1, -0.05) is 0 Å². The first-order valence-corrected chi connectivity index (χ1v) is 3.80. The fourth-order valence-electron chi connectivity index (χ4n) is 1.29. The number of nitrogens with zero attached hydrogens (tertiary/aromatic N) is 1. The molecule has 0 amide bonds. The number of halogens is 3. The van der Waals surface area contributed by atoms with E-state index in [2.05, 4.69) is 4.99 Å². The van der Waals surface area contributed by atoms with E-state index in [1.54, 1.807) is 6.21 Å². The molecule has 1 nitrogen and oxygen atoms in total. The number of aliphatic imine (C=N–C) groups is 1. The highest BCUT2D eigenvalue weighted by Crippen LogP contribution is 2.33. The van der Waals surface area contributed by atoms with Gasteiger partial charge < -0.3 is 0 Å². The first-order valence-electron chi connectivity index (χ1n) is 3.80. The fraction of sp³-hybridized carbons (Fsp3) is 0.222. The van der Waals surface area contributed by atoms with Gasteiger partial charge in [0.05, 0.1) is 11.3 Å². The van der Waals surface area contributed by atoms with E-state index in [0.717, 1.165) is 12.1 Å². The standard InChI is InChI=1S/C9H6F3N/c10-9(11,12)7-1-2-8-6(5-7)3-4-13-8/h1-2,4-5H,3H2. The monoisotopic (exact) mass is 185 g/mol. The molecule has 2 rings (SSSR count). The lowest BCUT2D eigenvalue weighted by Crippen LogP contribution is -2.04. The van der Waals surface area contributed by atoms with Gasteiger partial charge in [0.15, 0.2) is 0 Å². The molecule has 13 heavy (non-hydrogen) atoms. The third kappa shape index (κ3) is 1.43. The summed E-state index contributed by atoms with van der Waals surface area (Å²) in [5, 5.41) is 0. The van der Waals surface area contributed by atoms with Gasteiger partial charge in [0.2, 0.25) is 0 Å². The lowest BCUT2D eigenvalue weighted by molar-refractivity contribution is -0.137. The Balaban J connectivity index is 2.45. The molecule has 1 aliphatic rings. The second-order valence-electron chi connectivity index (χ2n) is 2.86. The van der Waals surface area contributed by atoms with Gasteiger partial charge in [0, 0.05) is 12.6 Å². The third-order valence-electron chi connectivity index (χ3n) is 1.95. The first kappa shape index (κ1) is 8.29. The third-order valence-corrected chi connectivity index (χ3v) is 1.95. The van der Waals surface area contributed by atoms with Crippen molar-refractivity contribution in [2.75, 3.05) is 0 Å². The van der Waals surface area contributed by atoms with Gasteiger partial charge in [-0.25, -0.2) is 0 Å². The Morgan fingerprint density at radius 1 is 1.23 bits per heavy atom. The van der Waals surface area contributed by atoms with Gasteiger partial charge in [-0.2, -0.15) is 13.2 Å². The topological polar surface area (TPSA) is 12.4 Å². The van der Waals surface area contributed by atoms with Crippen LogP contribution < -0.4 is 0 Å². The molecule has 0 radical (unpaired) electrons. The molecule has 0 atom stereocenters. The fourth-order valence-corrected chi connectivity index (χ4v) is 1.29. The molecule has 0 N–H and O–H groups in total. The highest BCUT2D eigenvalue weighted by molar-refractivity contribution is 5.75. The van der Waals surface area contributed by atoms with Crippen LogP contribution in [0.2, 0.25) is 0 Å². The van der Waals surface area contributed by atoms with E-state index in [0.29, 0.717) is 17.7 Å². The van der Waals surface area contributed by atoms with E-state index in [1.165, 1.54) is 6.07 Å². The summed E-state index contributed by atoms with van der Waals surface area (Å²) in [5.74, 6) is 0. The lowest BCUT2D eigenvalue weighted by atomic mass is 10.1. The van der Waals surface area contributed by atoms with E-state index in [1.807, 2.05) is 0 Å². The molecule has 0 spiro atoms. The van der Waals surface area contributed by atoms with Gasteiger partial charge >= 0.3 is 6.18 Å². The summed E-state index contributed by atoms with van der Waals surface area (Å²) < 4.78 is 36.6. The summed E-state index contributed by atoms with van der Waals surface area (Å²) in [5.41, 5.74) is 0.694. The number of hydrogen-bond donors (Lipinski definition) is 0. The Kier molecular flexibility index (Phi) is 1.65. The molecule has 1 aromatic carbocycles. The smallest absolute Gasteiger partial charge is 0.261 e. The van der Waals surface area contributed by atoms with Crippen molar-refractivity contribution in [3.8, 4) is 0 Å². The quantitative estimate of drug-likeness (QED) is 0.589. The van der Waals surface area contributed by atoms with E-state index in [4.69, 9.17) is 0 Å². The maximum absolute atomic E-state index is 12.2. The number of alkyl halides is 3. The number of benzene rings is 1. The van der Waals surface area contributed by atoms with Crippen LogP contribution in [0.1, 0.15) is 11.1 Å². The van der Waals surface area contributed by atoms with Crippen molar-refractivity contribution in [2.24, 2.45) is 4.99 Å². The van der Waals surface area contributed by atoms with Crippen LogP contribution in [-0.4, -0.2) is 6.21 Å². The van der Waals surface area contributed by atoms with Crippen LogP contribution in [0.4, 0.5) is 18.9 Å². The minimum absolute atomic E-state index is 0.499. The summed E-state index contributed by atoms with van der Waals surface area (Å²) in [6.07, 6.45) is -2.14. The number of hydrogen-bond acceptors (Lipinski definition) is 1. The minimum atomic E-state index is -4.25. The van der Waals surface area contributed by atoms with Crippen LogP contribution >= 0.6 is 0 Å². The molecule has 1 aliphatic heterocycles. The molecule has 68 valence electrons. The van der Waals surface area contributed by atoms with Gasteiger partial charge in [-0.15, -0.1) is 0 Å². The Morgan fingerprint density at radius 2 is 2.00 bits per heavy atom. The Bertz CT molecular complexity index is 366. The maximum atomic E-state index is 12.2. The van der Waals surface area contributed by atoms with Crippen molar-refractivity contribution >= 4 is 11.9 Å². The molecular weight excluding hydrogens is 179 g/mol. The molecule has 0 saturated carbocycles. The van der Waals surface area contributed by atoms with Crippen molar-refractivity contribution < 1.29 is 13.2 Å². The van der Waals surface area contributed by atoms with Gasteiger partial charge in [0.25, 0.3) is 0 Å². The number of fused-ring (bicyclic) bond motifs is 1. The van der Waals surface area contributed by atoms with E-state index in [9.17, 15) is 13.2 Å². The number of rotatable bonds is 0. The van der Waals surface area contributed by atoms with Gasteiger partial charge in [0.1, 0.15) is 0 Å². The van der Waals surface area contributed by atoms with Crippen molar-refractivity contribution in [3.05, 3.63) is 29.3 Å². The highest BCUT2D eigenvalue weighted by Gasteiger charge is 2.31. The molecule has 1 aromatic rings. The Hall–Kier alpha value is -1.32. The van der Waals surface area contributed by atoms with Crippen molar-refractivity contribution in [1.82, 2.24) is 0 Å². The largest absolute Gasteiger partial charge is 0.416 e. The maximum Gasteiger partial charge on any atom is 0.416 e. The van der Waals surface area contributed by atoms with Crippen LogP contribution in [0.25, 0.3) is 0 Å². The van der Waals surface area contributed by atoms with Gasteiger partial charge in [-0.05, 0) is 23.8 Å². The second-order valence-corrected chi connectivity index (χ2v) is 2.86. The zero-order chi connectivity index (χ0) is 9.47. The van der Waals surface area contributed by atoms with Crippen molar-refractivity contribution in [3.63, 3.8) is 0 Å². The van der Waals surface area contributed by atoms with E-state index >= 15 is 0 Å². The van der Waals surface area contributed by atoms with Crippen LogP contribution in [0.15, 0.2) is 23.2 Å². The molecular formula is C9H6F3N. The predicted octanol–water partition coefficient (Wildman–Crippen LogP) is 2.96. The summed E-state index contributed by atoms with van der Waals surface area (Å²) in [6.45, 7) is 0. The molecule has 0 bridgehead atoms. The SMILES string of the molecule is FC(F)(F)c1ccc2c(c1)CC=N2. The predicted molar refractivity (Wildman–Crippen MR) is 43.3 cm³/mol. The van der Waals surface area contributed by atoms with Crippen molar-refractivity contribution in [1.29, 1.82) is 0 Å². The highest BCUT2D eigenvalue weighted by atomic mass is 19.4. The summed E-state index contributed by atoms with van der Waals surface area (Å²) in [6, 6.07) is 3.62. The summed E-state index contributed by atoms with van der Waals surface area (Å²) in [4.78, 5) is 3.93. The minimum Gasteiger partial charge on any atom is -0.261 e. The summed E-state index contributed by atoms with van der Waals surface area (Å²) >= 11 is 0. The average molecular weight is 185 g/mol. The van der Waals surface area contributed by atoms with Gasteiger partial charge in [-0.3, -0.25) is 4.99 Å². The Morgan fingerprint density at radius 3 is 2.69 bits per heavy atom. The van der Waals surface area contributed by atoms with E-state index < -0.39 is 11.7 Å². The van der Waals surface area contributed by atoms with Crippen LogP contribution in [0.5, 0.6) is 0 Å². The molecule has 0 aromatic heterocycles. The van der Waals surface area contributed by atoms with Crippen LogP contribution in [0, 0.1) is 0 Å². The summed E-state index contributed by atoms with van der Waals surface area (Å²) in [7, 11) is 0. The molecule has 0 unspecified atom stereocenters. The van der Waals surface area contributed by atoms with Crippen LogP contribution in [-0.2, 0) is 12.6 Å². The molecule has 1 heterocycles. The van der Waals surface area contributed by atoms with Crippen LogP contribution in [0.3, 0.4) is 0 Å². The second kappa shape index (κ2) is 2.58. The van der Waals surface area contributed by atoms with Crippen molar-refractivity contribution in [2.45, 2.75) is 12.6 Å². The lowest BCUT2D eigenvalue weighted by Gasteiger charge is -2.07. The molecule has 0 fully saturated rings. The molecule has 0 aliphatic carbocycles. The molecule has 4 heteroatoms. The molecule has 0 saturated heterocycles. The van der Waals surface area contributed by atoms with E-state index in [-0.39, 0.29) is 0 Å².